The normalized spacial score (nSPS) is 12.2. The topological polar surface area (TPSA) is 55.1 Å². The number of thioether (sulfide) groups is 1. The Kier molecular flexibility index (Phi) is 5.24. The number of hydrogen-bond acceptors (Lipinski definition) is 3. The maximum Gasteiger partial charge on any atom is 0.316 e. The predicted octanol–water partition coefficient (Wildman–Crippen LogP) is 2.62. The van der Waals surface area contributed by atoms with Gasteiger partial charge in [0.1, 0.15) is 11.1 Å². The Morgan fingerprint density at radius 3 is 2.75 bits per heavy atom. The third-order valence-corrected chi connectivity index (χ3v) is 4.30. The Bertz CT molecular complexity index is 554. The number of carboxylic acid groups (broad SMARTS) is 1. The lowest BCUT2D eigenvalue weighted by Gasteiger charge is -2.12. The molecule has 0 spiro atoms. The standard InChI is InChI=1S/C15H18N2O2S/c1-12-16-7-8-17(12)9-10-20-14(15(18)19)11-13-5-3-2-4-6-13/h2-8,14H,9-11H2,1H3,(H,18,19). The molecule has 0 saturated heterocycles. The van der Waals surface area contributed by atoms with Gasteiger partial charge in [-0.3, -0.25) is 4.79 Å². The molecule has 1 aromatic carbocycles. The lowest BCUT2D eigenvalue weighted by atomic mass is 10.1. The van der Waals surface area contributed by atoms with Crippen LogP contribution in [0.2, 0.25) is 0 Å². The van der Waals surface area contributed by atoms with E-state index in [0.717, 1.165) is 23.7 Å². The quantitative estimate of drug-likeness (QED) is 0.851. The van der Waals surface area contributed by atoms with Crippen LogP contribution < -0.4 is 0 Å². The van der Waals surface area contributed by atoms with E-state index in [0.29, 0.717) is 6.42 Å². The molecule has 4 nitrogen and oxygen atoms in total. The summed E-state index contributed by atoms with van der Waals surface area (Å²) < 4.78 is 2.04. The van der Waals surface area contributed by atoms with Crippen molar-refractivity contribution in [2.75, 3.05) is 5.75 Å². The van der Waals surface area contributed by atoms with Crippen LogP contribution >= 0.6 is 11.8 Å². The van der Waals surface area contributed by atoms with Crippen molar-refractivity contribution in [2.24, 2.45) is 0 Å². The van der Waals surface area contributed by atoms with E-state index in [1.54, 1.807) is 6.20 Å². The molecule has 0 aliphatic carbocycles. The van der Waals surface area contributed by atoms with Crippen LogP contribution in [0.3, 0.4) is 0 Å². The second-order valence-corrected chi connectivity index (χ2v) is 5.87. The number of hydrogen-bond donors (Lipinski definition) is 1. The van der Waals surface area contributed by atoms with Gasteiger partial charge < -0.3 is 9.67 Å². The molecular weight excluding hydrogens is 272 g/mol. The van der Waals surface area contributed by atoms with Crippen LogP contribution in [0.4, 0.5) is 0 Å². The molecule has 5 heteroatoms. The van der Waals surface area contributed by atoms with Crippen molar-refractivity contribution >= 4 is 17.7 Å². The SMILES string of the molecule is Cc1nccn1CCSC(Cc1ccccc1)C(=O)O. The van der Waals surface area contributed by atoms with Crippen molar-refractivity contribution in [3.05, 3.63) is 54.1 Å². The molecule has 20 heavy (non-hydrogen) atoms. The highest BCUT2D eigenvalue weighted by atomic mass is 32.2. The highest BCUT2D eigenvalue weighted by molar-refractivity contribution is 8.00. The Labute approximate surface area is 122 Å². The Morgan fingerprint density at radius 1 is 1.40 bits per heavy atom. The molecule has 1 aromatic heterocycles. The number of carbonyl (C=O) groups is 1. The van der Waals surface area contributed by atoms with Crippen molar-refractivity contribution in [3.63, 3.8) is 0 Å². The zero-order valence-electron chi connectivity index (χ0n) is 11.4. The molecule has 2 aromatic rings. The molecule has 0 bridgehead atoms. The summed E-state index contributed by atoms with van der Waals surface area (Å²) in [5.74, 6) is 0.975. The van der Waals surface area contributed by atoms with E-state index in [9.17, 15) is 9.90 Å². The van der Waals surface area contributed by atoms with Gasteiger partial charge in [0, 0.05) is 24.7 Å². The second-order valence-electron chi connectivity index (χ2n) is 4.56. The molecule has 2 rings (SSSR count). The number of aromatic nitrogens is 2. The number of carboxylic acids is 1. The summed E-state index contributed by atoms with van der Waals surface area (Å²) in [6.45, 7) is 2.73. The highest BCUT2D eigenvalue weighted by Crippen LogP contribution is 2.17. The number of benzene rings is 1. The van der Waals surface area contributed by atoms with Gasteiger partial charge in [0.25, 0.3) is 0 Å². The molecule has 1 heterocycles. The number of imidazole rings is 1. The summed E-state index contributed by atoms with van der Waals surface area (Å²) in [6, 6.07) is 9.75. The minimum atomic E-state index is -0.749. The first-order chi connectivity index (χ1) is 9.66. The van der Waals surface area contributed by atoms with Gasteiger partial charge in [0.05, 0.1) is 0 Å². The van der Waals surface area contributed by atoms with Gasteiger partial charge >= 0.3 is 5.97 Å². The molecule has 0 aliphatic rings. The van der Waals surface area contributed by atoms with Gasteiger partial charge in [0.15, 0.2) is 0 Å². The maximum absolute atomic E-state index is 11.3. The molecule has 0 amide bonds. The monoisotopic (exact) mass is 290 g/mol. The lowest BCUT2D eigenvalue weighted by molar-refractivity contribution is -0.136. The van der Waals surface area contributed by atoms with Crippen molar-refractivity contribution in [3.8, 4) is 0 Å². The summed E-state index contributed by atoms with van der Waals surface area (Å²) in [7, 11) is 0. The first-order valence-corrected chi connectivity index (χ1v) is 7.58. The maximum atomic E-state index is 11.3. The van der Waals surface area contributed by atoms with Crippen molar-refractivity contribution < 1.29 is 9.90 Å². The van der Waals surface area contributed by atoms with Crippen LogP contribution in [0.15, 0.2) is 42.7 Å². The van der Waals surface area contributed by atoms with E-state index in [4.69, 9.17) is 0 Å². The molecule has 0 radical (unpaired) electrons. The zero-order valence-corrected chi connectivity index (χ0v) is 12.2. The van der Waals surface area contributed by atoms with Crippen LogP contribution in [0.5, 0.6) is 0 Å². The van der Waals surface area contributed by atoms with Gasteiger partial charge in [0.2, 0.25) is 0 Å². The van der Waals surface area contributed by atoms with E-state index in [1.807, 2.05) is 48.0 Å². The van der Waals surface area contributed by atoms with E-state index >= 15 is 0 Å². The summed E-state index contributed by atoms with van der Waals surface area (Å²) in [5.41, 5.74) is 1.06. The third-order valence-electron chi connectivity index (χ3n) is 3.11. The average Bonchev–Trinajstić information content (AvgIpc) is 2.84. The van der Waals surface area contributed by atoms with Crippen LogP contribution in [0.25, 0.3) is 0 Å². The van der Waals surface area contributed by atoms with E-state index in [2.05, 4.69) is 4.98 Å². The molecule has 1 atom stereocenters. The van der Waals surface area contributed by atoms with E-state index in [1.165, 1.54) is 11.8 Å². The fourth-order valence-corrected chi connectivity index (χ4v) is 3.02. The lowest BCUT2D eigenvalue weighted by Crippen LogP contribution is -2.20. The van der Waals surface area contributed by atoms with Gasteiger partial charge in [-0.05, 0) is 18.9 Å². The Hall–Kier alpha value is -1.75. The molecule has 0 fully saturated rings. The highest BCUT2D eigenvalue weighted by Gasteiger charge is 2.18. The molecule has 1 unspecified atom stereocenters. The van der Waals surface area contributed by atoms with Gasteiger partial charge in [-0.25, -0.2) is 4.98 Å². The first-order valence-electron chi connectivity index (χ1n) is 6.53. The van der Waals surface area contributed by atoms with Crippen molar-refractivity contribution in [1.29, 1.82) is 0 Å². The summed E-state index contributed by atoms with van der Waals surface area (Å²) in [6.07, 6.45) is 4.24. The molecule has 106 valence electrons. The van der Waals surface area contributed by atoms with Crippen LogP contribution in [-0.2, 0) is 17.8 Å². The second kappa shape index (κ2) is 7.14. The number of aliphatic carboxylic acids is 1. The average molecular weight is 290 g/mol. The van der Waals surface area contributed by atoms with Crippen LogP contribution in [-0.4, -0.2) is 31.6 Å². The number of nitrogens with zero attached hydrogens (tertiary/aromatic N) is 2. The molecule has 0 saturated carbocycles. The van der Waals surface area contributed by atoms with Gasteiger partial charge in [-0.2, -0.15) is 0 Å². The smallest absolute Gasteiger partial charge is 0.316 e. The fraction of sp³-hybridized carbons (Fsp3) is 0.333. The number of aryl methyl sites for hydroxylation is 2. The molecule has 1 N–H and O–H groups in total. The molecule has 0 aliphatic heterocycles. The minimum absolute atomic E-state index is 0.402. The van der Waals surface area contributed by atoms with E-state index < -0.39 is 11.2 Å². The largest absolute Gasteiger partial charge is 0.480 e. The van der Waals surface area contributed by atoms with Gasteiger partial charge in [-0.15, -0.1) is 11.8 Å². The van der Waals surface area contributed by atoms with E-state index in [-0.39, 0.29) is 0 Å². The molecular formula is C15H18N2O2S. The van der Waals surface area contributed by atoms with Crippen molar-refractivity contribution in [1.82, 2.24) is 9.55 Å². The zero-order chi connectivity index (χ0) is 14.4. The third kappa shape index (κ3) is 4.13. The minimum Gasteiger partial charge on any atom is -0.480 e. The Balaban J connectivity index is 1.87. The summed E-state index contributed by atoms with van der Waals surface area (Å²) in [5, 5.41) is 8.90. The van der Waals surface area contributed by atoms with Gasteiger partial charge in [-0.1, -0.05) is 30.3 Å². The van der Waals surface area contributed by atoms with Crippen LogP contribution in [0, 0.1) is 6.92 Å². The summed E-state index contributed by atoms with van der Waals surface area (Å²) in [4.78, 5) is 15.5. The fourth-order valence-electron chi connectivity index (χ4n) is 1.98. The Morgan fingerprint density at radius 2 is 2.15 bits per heavy atom. The number of rotatable bonds is 7. The summed E-state index contributed by atoms with van der Waals surface area (Å²) >= 11 is 1.48. The first kappa shape index (κ1) is 14.7. The van der Waals surface area contributed by atoms with Crippen LogP contribution in [0.1, 0.15) is 11.4 Å². The predicted molar refractivity (Wildman–Crippen MR) is 81.0 cm³/mol. The van der Waals surface area contributed by atoms with Crippen molar-refractivity contribution in [2.45, 2.75) is 25.1 Å².